The van der Waals surface area contributed by atoms with E-state index in [2.05, 4.69) is 16.7 Å². The van der Waals surface area contributed by atoms with Gasteiger partial charge in [-0.1, -0.05) is 12.1 Å². The fourth-order valence-corrected chi connectivity index (χ4v) is 1.79. The van der Waals surface area contributed by atoms with Crippen molar-refractivity contribution in [2.24, 2.45) is 0 Å². The van der Waals surface area contributed by atoms with Crippen molar-refractivity contribution in [2.75, 3.05) is 40.5 Å². The number of ether oxygens (including phenoxy) is 2. The van der Waals surface area contributed by atoms with Crippen LogP contribution in [-0.4, -0.2) is 46.4 Å². The Morgan fingerprint density at radius 3 is 2.85 bits per heavy atom. The number of rotatable bonds is 10. The van der Waals surface area contributed by atoms with Crippen molar-refractivity contribution in [2.45, 2.75) is 12.8 Å². The first kappa shape index (κ1) is 16.5. The third kappa shape index (κ3) is 7.11. The number of hydrogen-bond acceptors (Lipinski definition) is 4. The average Bonchev–Trinajstić information content (AvgIpc) is 2.48. The van der Waals surface area contributed by atoms with Crippen LogP contribution in [-0.2, 0) is 16.0 Å². The summed E-state index contributed by atoms with van der Waals surface area (Å²) in [6, 6.07) is 7.99. The molecule has 20 heavy (non-hydrogen) atoms. The molecule has 1 amide bonds. The number of aryl methyl sites for hydroxylation is 1. The second-order valence-corrected chi connectivity index (χ2v) is 4.47. The van der Waals surface area contributed by atoms with Crippen LogP contribution in [0.15, 0.2) is 24.3 Å². The minimum Gasteiger partial charge on any atom is -0.497 e. The lowest BCUT2D eigenvalue weighted by Crippen LogP contribution is -2.35. The number of amides is 1. The molecule has 1 aromatic carbocycles. The van der Waals surface area contributed by atoms with E-state index in [-0.39, 0.29) is 5.91 Å². The van der Waals surface area contributed by atoms with Gasteiger partial charge in [-0.3, -0.25) is 4.79 Å². The van der Waals surface area contributed by atoms with Crippen LogP contribution in [0.1, 0.15) is 12.0 Å². The van der Waals surface area contributed by atoms with Crippen LogP contribution in [0, 0.1) is 0 Å². The van der Waals surface area contributed by atoms with Crippen molar-refractivity contribution in [1.29, 1.82) is 0 Å². The summed E-state index contributed by atoms with van der Waals surface area (Å²) < 4.78 is 10.1. The largest absolute Gasteiger partial charge is 0.497 e. The molecule has 0 heterocycles. The molecule has 5 nitrogen and oxygen atoms in total. The van der Waals surface area contributed by atoms with Gasteiger partial charge in [0, 0.05) is 20.2 Å². The highest BCUT2D eigenvalue weighted by Crippen LogP contribution is 2.13. The Kier molecular flexibility index (Phi) is 8.42. The molecule has 0 aromatic heterocycles. The third-order valence-corrected chi connectivity index (χ3v) is 2.87. The zero-order valence-corrected chi connectivity index (χ0v) is 12.3. The molecule has 0 aliphatic carbocycles. The predicted molar refractivity (Wildman–Crippen MR) is 79.1 cm³/mol. The number of methoxy groups -OCH3 is 2. The normalized spacial score (nSPS) is 10.3. The van der Waals surface area contributed by atoms with Gasteiger partial charge in [-0.15, -0.1) is 0 Å². The quantitative estimate of drug-likeness (QED) is 0.627. The van der Waals surface area contributed by atoms with Crippen molar-refractivity contribution in [1.82, 2.24) is 10.6 Å². The van der Waals surface area contributed by atoms with Crippen molar-refractivity contribution in [3.63, 3.8) is 0 Å². The fourth-order valence-electron chi connectivity index (χ4n) is 1.79. The summed E-state index contributed by atoms with van der Waals surface area (Å²) in [4.78, 5) is 11.5. The minimum absolute atomic E-state index is 0.0201. The molecule has 2 N–H and O–H groups in total. The Morgan fingerprint density at radius 2 is 2.10 bits per heavy atom. The van der Waals surface area contributed by atoms with Gasteiger partial charge >= 0.3 is 0 Å². The zero-order valence-electron chi connectivity index (χ0n) is 12.3. The van der Waals surface area contributed by atoms with Crippen molar-refractivity contribution >= 4 is 5.91 Å². The van der Waals surface area contributed by atoms with Gasteiger partial charge < -0.3 is 20.1 Å². The summed E-state index contributed by atoms with van der Waals surface area (Å²) >= 11 is 0. The van der Waals surface area contributed by atoms with E-state index in [4.69, 9.17) is 9.47 Å². The van der Waals surface area contributed by atoms with Crippen LogP contribution in [0.2, 0.25) is 0 Å². The average molecular weight is 280 g/mol. The van der Waals surface area contributed by atoms with Crippen molar-refractivity contribution < 1.29 is 14.3 Å². The van der Waals surface area contributed by atoms with Crippen LogP contribution >= 0.6 is 0 Å². The van der Waals surface area contributed by atoms with Gasteiger partial charge in [-0.05, 0) is 30.5 Å². The van der Waals surface area contributed by atoms with Crippen LogP contribution < -0.4 is 15.4 Å². The molecule has 0 spiro atoms. The number of carbonyl (C=O) groups excluding carboxylic acids is 1. The molecule has 0 aliphatic rings. The SMILES string of the molecule is COCCNCC(=O)NCCCc1cccc(OC)c1. The first-order valence-electron chi connectivity index (χ1n) is 6.85. The van der Waals surface area contributed by atoms with Crippen LogP contribution in [0.25, 0.3) is 0 Å². The first-order valence-corrected chi connectivity index (χ1v) is 6.85. The molecule has 1 rings (SSSR count). The molecule has 0 unspecified atom stereocenters. The minimum atomic E-state index is 0.0201. The molecule has 0 atom stereocenters. The van der Waals surface area contributed by atoms with Crippen LogP contribution in [0.5, 0.6) is 5.75 Å². The maximum Gasteiger partial charge on any atom is 0.233 e. The highest BCUT2D eigenvalue weighted by Gasteiger charge is 2.00. The fraction of sp³-hybridized carbons (Fsp3) is 0.533. The standard InChI is InChI=1S/C15H24N2O3/c1-19-10-9-16-12-15(18)17-8-4-6-13-5-3-7-14(11-13)20-2/h3,5,7,11,16H,4,6,8-10,12H2,1-2H3,(H,17,18). The first-order chi connectivity index (χ1) is 9.76. The summed E-state index contributed by atoms with van der Waals surface area (Å²) in [5, 5.41) is 5.89. The Bertz CT molecular complexity index is 396. The van der Waals surface area contributed by atoms with Crippen molar-refractivity contribution in [3.05, 3.63) is 29.8 Å². The van der Waals surface area contributed by atoms with Gasteiger partial charge in [0.15, 0.2) is 0 Å². The van der Waals surface area contributed by atoms with E-state index >= 15 is 0 Å². The van der Waals surface area contributed by atoms with E-state index in [0.717, 1.165) is 18.6 Å². The van der Waals surface area contributed by atoms with Gasteiger partial charge in [-0.2, -0.15) is 0 Å². The van der Waals surface area contributed by atoms with E-state index in [1.807, 2.05) is 18.2 Å². The van der Waals surface area contributed by atoms with E-state index in [1.54, 1.807) is 14.2 Å². The van der Waals surface area contributed by atoms with Gasteiger partial charge in [0.05, 0.1) is 20.3 Å². The molecular weight excluding hydrogens is 256 g/mol. The van der Waals surface area contributed by atoms with Gasteiger partial charge in [0.1, 0.15) is 5.75 Å². The molecule has 0 aliphatic heterocycles. The van der Waals surface area contributed by atoms with Gasteiger partial charge in [0.25, 0.3) is 0 Å². The number of benzene rings is 1. The molecule has 0 fully saturated rings. The van der Waals surface area contributed by atoms with Crippen LogP contribution in [0.3, 0.4) is 0 Å². The van der Waals surface area contributed by atoms with E-state index in [9.17, 15) is 4.79 Å². The maximum absolute atomic E-state index is 11.5. The van der Waals surface area contributed by atoms with Crippen LogP contribution in [0.4, 0.5) is 0 Å². The molecule has 0 saturated heterocycles. The molecule has 1 aromatic rings. The summed E-state index contributed by atoms with van der Waals surface area (Å²) in [5.41, 5.74) is 1.22. The lowest BCUT2D eigenvalue weighted by atomic mass is 10.1. The monoisotopic (exact) mass is 280 g/mol. The molecule has 112 valence electrons. The Morgan fingerprint density at radius 1 is 1.25 bits per heavy atom. The molecule has 0 radical (unpaired) electrons. The summed E-state index contributed by atoms with van der Waals surface area (Å²) in [6.45, 7) is 2.32. The second kappa shape index (κ2) is 10.2. The predicted octanol–water partition coefficient (Wildman–Crippen LogP) is 0.980. The van der Waals surface area contributed by atoms with Crippen molar-refractivity contribution in [3.8, 4) is 5.75 Å². The lowest BCUT2D eigenvalue weighted by molar-refractivity contribution is -0.120. The van der Waals surface area contributed by atoms with Gasteiger partial charge in [0.2, 0.25) is 5.91 Å². The summed E-state index contributed by atoms with van der Waals surface area (Å²) in [6.07, 6.45) is 1.84. The smallest absolute Gasteiger partial charge is 0.233 e. The highest BCUT2D eigenvalue weighted by atomic mass is 16.5. The Labute approximate surface area is 120 Å². The highest BCUT2D eigenvalue weighted by molar-refractivity contribution is 5.77. The van der Waals surface area contributed by atoms with Gasteiger partial charge in [-0.25, -0.2) is 0 Å². The summed E-state index contributed by atoms with van der Waals surface area (Å²) in [5.74, 6) is 0.889. The number of hydrogen-bond donors (Lipinski definition) is 2. The number of nitrogens with one attached hydrogen (secondary N) is 2. The van der Waals surface area contributed by atoms with E-state index in [0.29, 0.717) is 26.2 Å². The zero-order chi connectivity index (χ0) is 14.6. The Balaban J connectivity index is 2.10. The molecule has 0 saturated carbocycles. The molecule has 5 heteroatoms. The Hall–Kier alpha value is -1.59. The van der Waals surface area contributed by atoms with E-state index < -0.39 is 0 Å². The number of carbonyl (C=O) groups is 1. The maximum atomic E-state index is 11.5. The summed E-state index contributed by atoms with van der Waals surface area (Å²) in [7, 11) is 3.30. The molecular formula is C15H24N2O3. The van der Waals surface area contributed by atoms with E-state index in [1.165, 1.54) is 5.56 Å². The third-order valence-electron chi connectivity index (χ3n) is 2.87. The second-order valence-electron chi connectivity index (χ2n) is 4.47. The lowest BCUT2D eigenvalue weighted by Gasteiger charge is -2.07. The molecule has 0 bridgehead atoms. The topological polar surface area (TPSA) is 59.6 Å².